The predicted molar refractivity (Wildman–Crippen MR) is 61.3 cm³/mol. The summed E-state index contributed by atoms with van der Waals surface area (Å²) in [7, 11) is 0. The smallest absolute Gasteiger partial charge is 0.0431 e. The second-order valence-corrected chi connectivity index (χ2v) is 4.91. The maximum Gasteiger partial charge on any atom is 0.0431 e. The molecule has 1 saturated carbocycles. The third-order valence-electron chi connectivity index (χ3n) is 3.61. The van der Waals surface area contributed by atoms with Crippen LogP contribution < -0.4 is 0 Å². The van der Waals surface area contributed by atoms with Crippen LogP contribution in [-0.4, -0.2) is 11.7 Å². The van der Waals surface area contributed by atoms with Crippen LogP contribution in [0.4, 0.5) is 0 Å². The third-order valence-corrected chi connectivity index (χ3v) is 3.61. The van der Waals surface area contributed by atoms with Crippen LogP contribution in [0.3, 0.4) is 0 Å². The molecule has 1 aliphatic carbocycles. The fourth-order valence-electron chi connectivity index (χ4n) is 2.89. The quantitative estimate of drug-likeness (QED) is 0.660. The van der Waals surface area contributed by atoms with Crippen molar-refractivity contribution in [3.05, 3.63) is 0 Å². The van der Waals surface area contributed by atoms with E-state index in [0.29, 0.717) is 6.61 Å². The van der Waals surface area contributed by atoms with Crippen molar-refractivity contribution >= 4 is 0 Å². The Balaban J connectivity index is 2.18. The van der Waals surface area contributed by atoms with Gasteiger partial charge in [0.1, 0.15) is 0 Å². The van der Waals surface area contributed by atoms with Gasteiger partial charge in [0, 0.05) is 6.61 Å². The largest absolute Gasteiger partial charge is 0.396 e. The highest BCUT2D eigenvalue weighted by Gasteiger charge is 2.19. The highest BCUT2D eigenvalue weighted by molar-refractivity contribution is 4.71. The minimum atomic E-state index is 0.380. The second kappa shape index (κ2) is 7.28. The average molecular weight is 198 g/mol. The SMILES string of the molecule is CCCC(CCCO)CC1CCCC1. The first-order valence-corrected chi connectivity index (χ1v) is 6.47. The molecule has 0 aromatic heterocycles. The first-order chi connectivity index (χ1) is 6.86. The Morgan fingerprint density at radius 2 is 1.93 bits per heavy atom. The molecule has 0 bridgehead atoms. The van der Waals surface area contributed by atoms with E-state index in [9.17, 15) is 0 Å². The van der Waals surface area contributed by atoms with Gasteiger partial charge in [0.15, 0.2) is 0 Å². The van der Waals surface area contributed by atoms with Gasteiger partial charge in [-0.15, -0.1) is 0 Å². The summed E-state index contributed by atoms with van der Waals surface area (Å²) in [6.45, 7) is 2.66. The van der Waals surface area contributed by atoms with Crippen molar-refractivity contribution in [2.75, 3.05) is 6.61 Å². The molecule has 1 heteroatoms. The molecular formula is C13H26O. The van der Waals surface area contributed by atoms with Crippen molar-refractivity contribution in [1.82, 2.24) is 0 Å². The summed E-state index contributed by atoms with van der Waals surface area (Å²) in [6, 6.07) is 0. The molecule has 84 valence electrons. The van der Waals surface area contributed by atoms with Crippen LogP contribution in [0.15, 0.2) is 0 Å². The Kier molecular flexibility index (Phi) is 6.25. The van der Waals surface area contributed by atoms with Crippen LogP contribution in [0.5, 0.6) is 0 Å². The van der Waals surface area contributed by atoms with Gasteiger partial charge in [-0.1, -0.05) is 45.4 Å². The fraction of sp³-hybridized carbons (Fsp3) is 1.00. The first-order valence-electron chi connectivity index (χ1n) is 6.47. The van der Waals surface area contributed by atoms with Gasteiger partial charge in [0.05, 0.1) is 0 Å². The molecule has 1 rings (SSSR count). The number of hydrogen-bond acceptors (Lipinski definition) is 1. The predicted octanol–water partition coefficient (Wildman–Crippen LogP) is 3.76. The number of aliphatic hydroxyl groups excluding tert-OH is 1. The summed E-state index contributed by atoms with van der Waals surface area (Å²) < 4.78 is 0. The summed E-state index contributed by atoms with van der Waals surface area (Å²) in [5, 5.41) is 8.84. The van der Waals surface area contributed by atoms with Gasteiger partial charge in [-0.2, -0.15) is 0 Å². The van der Waals surface area contributed by atoms with E-state index in [4.69, 9.17) is 5.11 Å². The number of aliphatic hydroxyl groups is 1. The van der Waals surface area contributed by atoms with Crippen LogP contribution in [-0.2, 0) is 0 Å². The Hall–Kier alpha value is -0.0400. The summed E-state index contributed by atoms with van der Waals surface area (Å²) in [5.74, 6) is 1.92. The van der Waals surface area contributed by atoms with Gasteiger partial charge >= 0.3 is 0 Å². The summed E-state index contributed by atoms with van der Waals surface area (Å²) in [5.41, 5.74) is 0. The fourth-order valence-corrected chi connectivity index (χ4v) is 2.89. The van der Waals surface area contributed by atoms with Gasteiger partial charge in [-0.3, -0.25) is 0 Å². The second-order valence-electron chi connectivity index (χ2n) is 4.91. The molecule has 0 spiro atoms. The Morgan fingerprint density at radius 1 is 1.21 bits per heavy atom. The number of rotatable bonds is 7. The lowest BCUT2D eigenvalue weighted by atomic mass is 9.87. The zero-order chi connectivity index (χ0) is 10.2. The molecular weight excluding hydrogens is 172 g/mol. The molecule has 0 aromatic rings. The minimum Gasteiger partial charge on any atom is -0.396 e. The molecule has 1 fully saturated rings. The van der Waals surface area contributed by atoms with Crippen LogP contribution in [0.25, 0.3) is 0 Å². The molecule has 1 nitrogen and oxygen atoms in total. The van der Waals surface area contributed by atoms with E-state index in [-0.39, 0.29) is 0 Å². The Labute approximate surface area is 88.9 Å². The lowest BCUT2D eigenvalue weighted by Crippen LogP contribution is -2.07. The van der Waals surface area contributed by atoms with E-state index in [1.807, 2.05) is 0 Å². The number of hydrogen-bond donors (Lipinski definition) is 1. The standard InChI is InChI=1S/C13H26O/c1-2-6-12(9-5-10-14)11-13-7-3-4-8-13/h12-14H,2-11H2,1H3. The van der Waals surface area contributed by atoms with E-state index in [1.54, 1.807) is 0 Å². The molecule has 0 heterocycles. The van der Waals surface area contributed by atoms with Crippen molar-refractivity contribution in [1.29, 1.82) is 0 Å². The highest BCUT2D eigenvalue weighted by atomic mass is 16.2. The van der Waals surface area contributed by atoms with E-state index in [2.05, 4.69) is 6.92 Å². The zero-order valence-corrected chi connectivity index (χ0v) is 9.67. The van der Waals surface area contributed by atoms with E-state index in [0.717, 1.165) is 18.3 Å². The van der Waals surface area contributed by atoms with Gasteiger partial charge in [-0.25, -0.2) is 0 Å². The highest BCUT2D eigenvalue weighted by Crippen LogP contribution is 2.33. The van der Waals surface area contributed by atoms with Crippen molar-refractivity contribution in [3.63, 3.8) is 0 Å². The van der Waals surface area contributed by atoms with E-state index < -0.39 is 0 Å². The van der Waals surface area contributed by atoms with Crippen molar-refractivity contribution in [2.24, 2.45) is 11.8 Å². The van der Waals surface area contributed by atoms with Crippen molar-refractivity contribution < 1.29 is 5.11 Å². The minimum absolute atomic E-state index is 0.380. The molecule has 1 N–H and O–H groups in total. The van der Waals surface area contributed by atoms with E-state index >= 15 is 0 Å². The van der Waals surface area contributed by atoms with Gasteiger partial charge < -0.3 is 5.11 Å². The molecule has 0 amide bonds. The molecule has 0 saturated heterocycles. The molecule has 0 radical (unpaired) electrons. The third kappa shape index (κ3) is 4.45. The summed E-state index contributed by atoms with van der Waals surface area (Å²) >= 11 is 0. The lowest BCUT2D eigenvalue weighted by molar-refractivity contribution is 0.254. The van der Waals surface area contributed by atoms with Crippen LogP contribution >= 0.6 is 0 Å². The first kappa shape index (κ1) is 12.0. The van der Waals surface area contributed by atoms with E-state index in [1.165, 1.54) is 51.4 Å². The molecule has 1 unspecified atom stereocenters. The maximum absolute atomic E-state index is 8.84. The monoisotopic (exact) mass is 198 g/mol. The van der Waals surface area contributed by atoms with Crippen molar-refractivity contribution in [3.8, 4) is 0 Å². The van der Waals surface area contributed by atoms with Crippen LogP contribution in [0.1, 0.15) is 64.7 Å². The van der Waals surface area contributed by atoms with Crippen LogP contribution in [0, 0.1) is 11.8 Å². The zero-order valence-electron chi connectivity index (χ0n) is 9.67. The Morgan fingerprint density at radius 3 is 2.50 bits per heavy atom. The van der Waals surface area contributed by atoms with Crippen molar-refractivity contribution in [2.45, 2.75) is 64.7 Å². The topological polar surface area (TPSA) is 20.2 Å². The average Bonchev–Trinajstić information content (AvgIpc) is 2.67. The normalized spacial score (nSPS) is 20.1. The molecule has 14 heavy (non-hydrogen) atoms. The molecule has 1 atom stereocenters. The molecule has 0 aromatic carbocycles. The molecule has 1 aliphatic rings. The Bertz CT molecular complexity index is 127. The molecule has 0 aliphatic heterocycles. The van der Waals surface area contributed by atoms with Crippen LogP contribution in [0.2, 0.25) is 0 Å². The maximum atomic E-state index is 8.84. The van der Waals surface area contributed by atoms with Gasteiger partial charge in [-0.05, 0) is 31.1 Å². The van der Waals surface area contributed by atoms with Gasteiger partial charge in [0.25, 0.3) is 0 Å². The van der Waals surface area contributed by atoms with Gasteiger partial charge in [0.2, 0.25) is 0 Å². The lowest BCUT2D eigenvalue weighted by Gasteiger charge is -2.19. The summed E-state index contributed by atoms with van der Waals surface area (Å²) in [4.78, 5) is 0. The summed E-state index contributed by atoms with van der Waals surface area (Å²) in [6.07, 6.45) is 12.2.